The number of aromatic nitrogens is 1. The number of urea groups is 1. The molecule has 0 radical (unpaired) electrons. The van der Waals surface area contributed by atoms with Crippen molar-refractivity contribution in [3.8, 4) is 5.75 Å². The van der Waals surface area contributed by atoms with Gasteiger partial charge in [0.25, 0.3) is 5.91 Å². The van der Waals surface area contributed by atoms with Gasteiger partial charge in [-0.1, -0.05) is 18.2 Å². The molecule has 1 aromatic heterocycles. The first-order valence-electron chi connectivity index (χ1n) is 9.29. The van der Waals surface area contributed by atoms with Gasteiger partial charge < -0.3 is 15.0 Å². The van der Waals surface area contributed by atoms with Gasteiger partial charge in [0, 0.05) is 18.0 Å². The van der Waals surface area contributed by atoms with E-state index in [2.05, 4.69) is 15.0 Å². The number of benzene rings is 2. The summed E-state index contributed by atoms with van der Waals surface area (Å²) in [7, 11) is 1.74. The second-order valence-electron chi connectivity index (χ2n) is 6.83. The first kappa shape index (κ1) is 20.5. The van der Waals surface area contributed by atoms with Gasteiger partial charge in [-0.2, -0.15) is 0 Å². The number of ether oxygens (including phenoxy) is 1. The van der Waals surface area contributed by atoms with Gasteiger partial charge in [-0.3, -0.25) is 9.78 Å². The fourth-order valence-corrected chi connectivity index (χ4v) is 3.50. The Bertz CT molecular complexity index is 1150. The Kier molecular flexibility index (Phi) is 5.14. The fourth-order valence-electron chi connectivity index (χ4n) is 3.50. The number of carbonyl (C=O) groups is 2. The van der Waals surface area contributed by atoms with Gasteiger partial charge in [0.05, 0.1) is 29.6 Å². The third kappa shape index (κ3) is 4.09. The van der Waals surface area contributed by atoms with Gasteiger partial charge in [0.2, 0.25) is 0 Å². The van der Waals surface area contributed by atoms with Crippen LogP contribution >= 0.6 is 0 Å². The Morgan fingerprint density at radius 2 is 1.81 bits per heavy atom. The van der Waals surface area contributed by atoms with E-state index in [4.69, 9.17) is 0 Å². The van der Waals surface area contributed by atoms with E-state index in [0.717, 1.165) is 39.2 Å². The Labute approximate surface area is 175 Å². The van der Waals surface area contributed by atoms with Crippen molar-refractivity contribution in [1.82, 2.24) is 9.88 Å². The number of amides is 3. The average molecular weight is 430 g/mol. The zero-order valence-electron chi connectivity index (χ0n) is 16.3. The van der Waals surface area contributed by atoms with E-state index >= 15 is 0 Å². The molecule has 1 fully saturated rings. The summed E-state index contributed by atoms with van der Waals surface area (Å²) in [6, 6.07) is 11.5. The number of hydrogen-bond acceptors (Lipinski definition) is 5. The molecule has 7 nitrogen and oxygen atoms in total. The van der Waals surface area contributed by atoms with Crippen LogP contribution in [0.2, 0.25) is 0 Å². The van der Waals surface area contributed by atoms with Gasteiger partial charge >= 0.3 is 12.4 Å². The van der Waals surface area contributed by atoms with Crippen LogP contribution in [0.1, 0.15) is 5.56 Å². The van der Waals surface area contributed by atoms with Crippen molar-refractivity contribution < 1.29 is 27.5 Å². The molecule has 2 heterocycles. The van der Waals surface area contributed by atoms with Crippen LogP contribution in [0, 0.1) is 0 Å². The lowest BCUT2D eigenvalue weighted by Gasteiger charge is -2.20. The average Bonchev–Trinajstić information content (AvgIpc) is 3.01. The smallest absolute Gasteiger partial charge is 0.406 e. The summed E-state index contributed by atoms with van der Waals surface area (Å²) < 4.78 is 40.9. The van der Waals surface area contributed by atoms with Gasteiger partial charge in [0.15, 0.2) is 0 Å². The molecule has 0 unspecified atom stereocenters. The van der Waals surface area contributed by atoms with Gasteiger partial charge in [-0.05, 0) is 30.3 Å². The number of hydrogen-bond donors (Lipinski definition) is 1. The molecular weight excluding hydrogens is 413 g/mol. The van der Waals surface area contributed by atoms with Crippen LogP contribution in [0.4, 0.5) is 29.3 Å². The van der Waals surface area contributed by atoms with Crippen molar-refractivity contribution in [1.29, 1.82) is 0 Å². The summed E-state index contributed by atoms with van der Waals surface area (Å²) in [6.07, 6.45) is -3.16. The van der Waals surface area contributed by atoms with E-state index in [1.165, 1.54) is 17.0 Å². The van der Waals surface area contributed by atoms with Crippen LogP contribution in [-0.2, 0) is 11.3 Å². The summed E-state index contributed by atoms with van der Waals surface area (Å²) in [6.45, 7) is 0.00892. The highest BCUT2D eigenvalue weighted by Gasteiger charge is 2.38. The maximum atomic E-state index is 13.0. The van der Waals surface area contributed by atoms with Crippen molar-refractivity contribution in [2.45, 2.75) is 12.9 Å². The van der Waals surface area contributed by atoms with Crippen molar-refractivity contribution in [3.63, 3.8) is 0 Å². The van der Waals surface area contributed by atoms with Gasteiger partial charge in [-0.25, -0.2) is 9.69 Å². The summed E-state index contributed by atoms with van der Waals surface area (Å²) >= 11 is 0. The predicted octanol–water partition coefficient (Wildman–Crippen LogP) is 4.14. The molecule has 0 saturated carbocycles. The first-order valence-corrected chi connectivity index (χ1v) is 9.29. The molecule has 1 aliphatic heterocycles. The van der Waals surface area contributed by atoms with E-state index in [9.17, 15) is 22.8 Å². The minimum absolute atomic E-state index is 0.153. The molecule has 2 aromatic carbocycles. The van der Waals surface area contributed by atoms with Crippen molar-refractivity contribution in [2.75, 3.05) is 23.8 Å². The third-order valence-corrected chi connectivity index (χ3v) is 4.87. The SMILES string of the molecule is CNc1cnc2ccccc2c1CN1CC(=O)N(c2ccc(OC(F)(F)F)cc2)C1=O. The van der Waals surface area contributed by atoms with E-state index in [-0.39, 0.29) is 18.8 Å². The number of imide groups is 1. The van der Waals surface area contributed by atoms with Crippen molar-refractivity contribution in [2.24, 2.45) is 0 Å². The molecule has 0 spiro atoms. The van der Waals surface area contributed by atoms with E-state index in [0.29, 0.717) is 0 Å². The fraction of sp³-hybridized carbons (Fsp3) is 0.190. The zero-order valence-corrected chi connectivity index (χ0v) is 16.3. The van der Waals surface area contributed by atoms with Crippen LogP contribution in [0.25, 0.3) is 10.9 Å². The third-order valence-electron chi connectivity index (χ3n) is 4.87. The van der Waals surface area contributed by atoms with E-state index in [1.807, 2.05) is 24.3 Å². The summed E-state index contributed by atoms with van der Waals surface area (Å²) in [5.74, 6) is -0.909. The Morgan fingerprint density at radius 1 is 1.10 bits per heavy atom. The second-order valence-corrected chi connectivity index (χ2v) is 6.83. The summed E-state index contributed by atoms with van der Waals surface area (Å²) in [5, 5.41) is 3.90. The second kappa shape index (κ2) is 7.78. The number of carbonyl (C=O) groups excluding carboxylic acids is 2. The molecule has 0 bridgehead atoms. The highest BCUT2D eigenvalue weighted by Crippen LogP contribution is 2.30. The number of rotatable bonds is 5. The highest BCUT2D eigenvalue weighted by atomic mass is 19.4. The maximum absolute atomic E-state index is 13.0. The highest BCUT2D eigenvalue weighted by molar-refractivity contribution is 6.19. The summed E-state index contributed by atoms with van der Waals surface area (Å²) in [5.41, 5.74) is 2.46. The minimum Gasteiger partial charge on any atom is -0.406 e. The Hall–Kier alpha value is -3.82. The van der Waals surface area contributed by atoms with Gasteiger partial charge in [0.1, 0.15) is 12.3 Å². The standard InChI is InChI=1S/C21H17F3N4O3/c1-25-18-10-26-17-5-3-2-4-15(17)16(18)11-27-12-19(29)28(20(27)30)13-6-8-14(9-7-13)31-21(22,23)24/h2-10,25H,11-12H2,1H3. The molecule has 1 N–H and O–H groups in total. The number of para-hydroxylation sites is 1. The Balaban J connectivity index is 1.59. The number of fused-ring (bicyclic) bond motifs is 1. The number of anilines is 2. The van der Waals surface area contributed by atoms with Crippen LogP contribution in [0.5, 0.6) is 5.75 Å². The van der Waals surface area contributed by atoms with Crippen molar-refractivity contribution >= 4 is 34.2 Å². The number of pyridine rings is 1. The molecule has 0 atom stereocenters. The number of halogens is 3. The van der Waals surface area contributed by atoms with Crippen molar-refractivity contribution in [3.05, 3.63) is 60.3 Å². The lowest BCUT2D eigenvalue weighted by atomic mass is 10.1. The number of alkyl halides is 3. The van der Waals surface area contributed by atoms with Gasteiger partial charge in [-0.15, -0.1) is 13.2 Å². The molecule has 10 heteroatoms. The Morgan fingerprint density at radius 3 is 2.48 bits per heavy atom. The molecule has 1 saturated heterocycles. The lowest BCUT2D eigenvalue weighted by molar-refractivity contribution is -0.274. The minimum atomic E-state index is -4.82. The first-order chi connectivity index (χ1) is 14.8. The quantitative estimate of drug-likeness (QED) is 0.616. The summed E-state index contributed by atoms with van der Waals surface area (Å²) in [4.78, 5) is 32.2. The van der Waals surface area contributed by atoms with E-state index in [1.54, 1.807) is 13.2 Å². The molecule has 3 aromatic rings. The molecule has 0 aliphatic carbocycles. The van der Waals surface area contributed by atoms with Crippen LogP contribution in [-0.4, -0.2) is 41.8 Å². The predicted molar refractivity (Wildman–Crippen MR) is 108 cm³/mol. The zero-order chi connectivity index (χ0) is 22.2. The molecule has 3 amide bonds. The largest absolute Gasteiger partial charge is 0.573 e. The normalized spacial score (nSPS) is 14.5. The topological polar surface area (TPSA) is 74.8 Å². The number of nitrogens with zero attached hydrogens (tertiary/aromatic N) is 3. The monoisotopic (exact) mass is 430 g/mol. The number of nitrogens with one attached hydrogen (secondary N) is 1. The van der Waals surface area contributed by atoms with Crippen LogP contribution in [0.3, 0.4) is 0 Å². The molecule has 31 heavy (non-hydrogen) atoms. The molecular formula is C21H17F3N4O3. The van der Waals surface area contributed by atoms with Crippen LogP contribution in [0.15, 0.2) is 54.7 Å². The molecule has 4 rings (SSSR count). The lowest BCUT2D eigenvalue weighted by Crippen LogP contribution is -2.33. The molecule has 160 valence electrons. The van der Waals surface area contributed by atoms with Crippen LogP contribution < -0.4 is 15.0 Å². The molecule has 1 aliphatic rings. The van der Waals surface area contributed by atoms with E-state index < -0.39 is 24.1 Å². The maximum Gasteiger partial charge on any atom is 0.573 e.